The average Bonchev–Trinajstić information content (AvgIpc) is 2.35. The smallest absolute Gasteiger partial charge is 0.326 e. The molecule has 0 aliphatic heterocycles. The SMILES string of the molecule is CCOC(=O)C(C)(CC(C)N(CC)CC(C)C)NC. The maximum atomic E-state index is 12.1. The van der Waals surface area contributed by atoms with Crippen LogP contribution in [0.1, 0.15) is 48.0 Å². The molecule has 4 heteroatoms. The first-order chi connectivity index (χ1) is 8.80. The van der Waals surface area contributed by atoms with Gasteiger partial charge in [0.1, 0.15) is 5.54 Å². The van der Waals surface area contributed by atoms with E-state index in [1.807, 2.05) is 20.9 Å². The Morgan fingerprint density at radius 2 is 1.89 bits per heavy atom. The van der Waals surface area contributed by atoms with Gasteiger partial charge in [0.25, 0.3) is 0 Å². The summed E-state index contributed by atoms with van der Waals surface area (Å²) in [6, 6.07) is 0.342. The molecule has 2 unspecified atom stereocenters. The van der Waals surface area contributed by atoms with Crippen molar-refractivity contribution in [1.29, 1.82) is 0 Å². The normalized spacial score (nSPS) is 16.5. The Morgan fingerprint density at radius 3 is 2.26 bits per heavy atom. The van der Waals surface area contributed by atoms with E-state index >= 15 is 0 Å². The van der Waals surface area contributed by atoms with E-state index in [2.05, 4.69) is 37.9 Å². The van der Waals surface area contributed by atoms with Gasteiger partial charge in [-0.05, 0) is 46.7 Å². The molecule has 114 valence electrons. The summed E-state index contributed by atoms with van der Waals surface area (Å²) in [5, 5.41) is 3.13. The van der Waals surface area contributed by atoms with Crippen molar-refractivity contribution in [1.82, 2.24) is 10.2 Å². The third kappa shape index (κ3) is 5.91. The molecule has 0 rings (SSSR count). The van der Waals surface area contributed by atoms with Crippen molar-refractivity contribution in [2.75, 3.05) is 26.7 Å². The molecule has 1 N–H and O–H groups in total. The molecule has 0 heterocycles. The van der Waals surface area contributed by atoms with Gasteiger partial charge in [0.05, 0.1) is 6.61 Å². The molecular formula is C15H32N2O2. The number of nitrogens with one attached hydrogen (secondary N) is 1. The molecule has 0 amide bonds. The average molecular weight is 272 g/mol. The molecule has 0 aromatic rings. The van der Waals surface area contributed by atoms with Gasteiger partial charge < -0.3 is 15.0 Å². The number of ether oxygens (including phenoxy) is 1. The summed E-state index contributed by atoms with van der Waals surface area (Å²) in [5.74, 6) is 0.468. The molecule has 19 heavy (non-hydrogen) atoms. The standard InChI is InChI=1S/C15H32N2O2/c1-8-17(11-12(3)4)13(5)10-15(6,16-7)14(18)19-9-2/h12-13,16H,8-11H2,1-7H3. The molecule has 0 saturated heterocycles. The molecule has 0 bridgehead atoms. The first kappa shape index (κ1) is 18.4. The van der Waals surface area contributed by atoms with Crippen LogP contribution >= 0.6 is 0 Å². The number of hydrogen-bond acceptors (Lipinski definition) is 4. The van der Waals surface area contributed by atoms with Crippen molar-refractivity contribution >= 4 is 5.97 Å². The van der Waals surface area contributed by atoms with Crippen LogP contribution in [0.4, 0.5) is 0 Å². The highest BCUT2D eigenvalue weighted by molar-refractivity contribution is 5.80. The maximum absolute atomic E-state index is 12.1. The zero-order chi connectivity index (χ0) is 15.1. The zero-order valence-electron chi connectivity index (χ0n) is 13.7. The number of nitrogens with zero attached hydrogens (tertiary/aromatic N) is 1. The first-order valence-electron chi connectivity index (χ1n) is 7.40. The lowest BCUT2D eigenvalue weighted by atomic mass is 9.92. The summed E-state index contributed by atoms with van der Waals surface area (Å²) in [7, 11) is 1.82. The van der Waals surface area contributed by atoms with Crippen molar-refractivity contribution in [2.45, 2.75) is 59.5 Å². The lowest BCUT2D eigenvalue weighted by Gasteiger charge is -2.35. The monoisotopic (exact) mass is 272 g/mol. The fraction of sp³-hybridized carbons (Fsp3) is 0.933. The van der Waals surface area contributed by atoms with Crippen molar-refractivity contribution in [3.63, 3.8) is 0 Å². The Labute approximate surface area is 118 Å². The van der Waals surface area contributed by atoms with Gasteiger partial charge in [-0.1, -0.05) is 20.8 Å². The van der Waals surface area contributed by atoms with Gasteiger partial charge in [0.15, 0.2) is 0 Å². The lowest BCUT2D eigenvalue weighted by Crippen LogP contribution is -2.53. The van der Waals surface area contributed by atoms with E-state index in [0.29, 0.717) is 18.6 Å². The van der Waals surface area contributed by atoms with Crippen LogP contribution in [-0.2, 0) is 9.53 Å². The van der Waals surface area contributed by atoms with E-state index in [0.717, 1.165) is 19.5 Å². The second-order valence-electron chi connectivity index (χ2n) is 5.84. The van der Waals surface area contributed by atoms with Crippen LogP contribution in [0.25, 0.3) is 0 Å². The Bertz CT molecular complexity index is 269. The number of carbonyl (C=O) groups excluding carboxylic acids is 1. The van der Waals surface area contributed by atoms with Gasteiger partial charge in [-0.2, -0.15) is 0 Å². The van der Waals surface area contributed by atoms with Crippen LogP contribution < -0.4 is 5.32 Å². The molecule has 2 atom stereocenters. The van der Waals surface area contributed by atoms with Crippen LogP contribution in [-0.4, -0.2) is 49.2 Å². The summed E-state index contributed by atoms with van der Waals surface area (Å²) in [5.41, 5.74) is -0.611. The fourth-order valence-electron chi connectivity index (χ4n) is 2.39. The third-order valence-corrected chi connectivity index (χ3v) is 3.61. The fourth-order valence-corrected chi connectivity index (χ4v) is 2.39. The third-order valence-electron chi connectivity index (χ3n) is 3.61. The molecular weight excluding hydrogens is 240 g/mol. The summed E-state index contributed by atoms with van der Waals surface area (Å²) < 4.78 is 5.17. The summed E-state index contributed by atoms with van der Waals surface area (Å²) in [4.78, 5) is 14.5. The molecule has 0 aromatic heterocycles. The van der Waals surface area contributed by atoms with Gasteiger partial charge in [-0.25, -0.2) is 0 Å². The first-order valence-corrected chi connectivity index (χ1v) is 7.40. The van der Waals surface area contributed by atoms with Gasteiger partial charge in [-0.3, -0.25) is 4.79 Å². The zero-order valence-corrected chi connectivity index (χ0v) is 13.7. The van der Waals surface area contributed by atoms with Crippen LogP contribution in [0.3, 0.4) is 0 Å². The minimum absolute atomic E-state index is 0.162. The molecule has 0 aromatic carbocycles. The minimum atomic E-state index is -0.611. The number of carbonyl (C=O) groups is 1. The lowest BCUT2D eigenvalue weighted by molar-refractivity contribution is -0.151. The van der Waals surface area contributed by atoms with Crippen LogP contribution in [0.5, 0.6) is 0 Å². The minimum Gasteiger partial charge on any atom is -0.465 e. The predicted octanol–water partition coefficient (Wildman–Crippen LogP) is 2.28. The van der Waals surface area contributed by atoms with Crippen molar-refractivity contribution in [3.8, 4) is 0 Å². The summed E-state index contributed by atoms with van der Waals surface area (Å²) in [6.07, 6.45) is 0.753. The van der Waals surface area contributed by atoms with E-state index in [1.165, 1.54) is 0 Å². The Hall–Kier alpha value is -0.610. The van der Waals surface area contributed by atoms with Crippen LogP contribution in [0, 0.1) is 5.92 Å². The van der Waals surface area contributed by atoms with E-state index in [9.17, 15) is 4.79 Å². The number of esters is 1. The molecule has 0 saturated carbocycles. The van der Waals surface area contributed by atoms with Crippen molar-refractivity contribution < 1.29 is 9.53 Å². The highest BCUT2D eigenvalue weighted by Crippen LogP contribution is 2.18. The van der Waals surface area contributed by atoms with E-state index in [1.54, 1.807) is 0 Å². The van der Waals surface area contributed by atoms with Crippen molar-refractivity contribution in [2.24, 2.45) is 5.92 Å². The van der Waals surface area contributed by atoms with Crippen LogP contribution in [0.2, 0.25) is 0 Å². The Kier molecular flexibility index (Phi) is 8.26. The molecule has 0 spiro atoms. The topological polar surface area (TPSA) is 41.6 Å². The van der Waals surface area contributed by atoms with Gasteiger partial charge in [-0.15, -0.1) is 0 Å². The quantitative estimate of drug-likeness (QED) is 0.654. The molecule has 4 nitrogen and oxygen atoms in total. The predicted molar refractivity (Wildman–Crippen MR) is 80.3 cm³/mol. The highest BCUT2D eigenvalue weighted by Gasteiger charge is 2.35. The maximum Gasteiger partial charge on any atom is 0.326 e. The number of rotatable bonds is 9. The molecule has 0 aliphatic rings. The summed E-state index contributed by atoms with van der Waals surface area (Å²) >= 11 is 0. The van der Waals surface area contributed by atoms with E-state index < -0.39 is 5.54 Å². The van der Waals surface area contributed by atoms with E-state index in [-0.39, 0.29) is 5.97 Å². The van der Waals surface area contributed by atoms with Crippen LogP contribution in [0.15, 0.2) is 0 Å². The molecule has 0 radical (unpaired) electrons. The Morgan fingerprint density at radius 1 is 1.32 bits per heavy atom. The molecule has 0 fully saturated rings. The van der Waals surface area contributed by atoms with E-state index in [4.69, 9.17) is 4.74 Å². The van der Waals surface area contributed by atoms with Crippen molar-refractivity contribution in [3.05, 3.63) is 0 Å². The second kappa shape index (κ2) is 8.54. The second-order valence-corrected chi connectivity index (χ2v) is 5.84. The Balaban J connectivity index is 4.70. The number of likely N-dealkylation sites (N-methyl/N-ethyl adjacent to an activating group) is 1. The summed E-state index contributed by atoms with van der Waals surface area (Å²) in [6.45, 7) is 15.0. The largest absolute Gasteiger partial charge is 0.465 e. The van der Waals surface area contributed by atoms with Gasteiger partial charge in [0, 0.05) is 12.6 Å². The van der Waals surface area contributed by atoms with Gasteiger partial charge >= 0.3 is 5.97 Å². The van der Waals surface area contributed by atoms with Gasteiger partial charge in [0.2, 0.25) is 0 Å². The number of hydrogen-bond donors (Lipinski definition) is 1. The molecule has 0 aliphatic carbocycles. The highest BCUT2D eigenvalue weighted by atomic mass is 16.5.